The predicted molar refractivity (Wildman–Crippen MR) is 91.0 cm³/mol. The number of aromatic amines is 1. The summed E-state index contributed by atoms with van der Waals surface area (Å²) in [5.41, 5.74) is 4.59. The number of carbonyl (C=O) groups is 1. The fraction of sp³-hybridized carbons (Fsp3) is 0.158. The van der Waals surface area contributed by atoms with Crippen molar-refractivity contribution in [2.75, 3.05) is 7.05 Å². The molecular weight excluding hydrogens is 286 g/mol. The van der Waals surface area contributed by atoms with Crippen LogP contribution in [0.25, 0.3) is 11.3 Å². The summed E-state index contributed by atoms with van der Waals surface area (Å²) in [4.78, 5) is 14.3. The molecule has 3 aromatic rings. The molecule has 116 valence electrons. The van der Waals surface area contributed by atoms with Gasteiger partial charge >= 0.3 is 0 Å². The van der Waals surface area contributed by atoms with Crippen LogP contribution < -0.4 is 0 Å². The highest BCUT2D eigenvalue weighted by Crippen LogP contribution is 2.18. The highest BCUT2D eigenvalue weighted by atomic mass is 16.2. The standard InChI is InChI=1S/C19H19N3O/c1-14-8-6-7-11-16(14)13-22(2)19(23)18-12-17(20-21-18)15-9-4-3-5-10-15/h3-12H,13H2,1-2H3,(H,20,21). The summed E-state index contributed by atoms with van der Waals surface area (Å²) in [6, 6.07) is 19.7. The topological polar surface area (TPSA) is 49.0 Å². The zero-order chi connectivity index (χ0) is 16.2. The Morgan fingerprint density at radius 1 is 1.09 bits per heavy atom. The van der Waals surface area contributed by atoms with Crippen molar-refractivity contribution in [3.8, 4) is 11.3 Å². The maximum absolute atomic E-state index is 12.6. The highest BCUT2D eigenvalue weighted by molar-refractivity contribution is 5.93. The monoisotopic (exact) mass is 305 g/mol. The van der Waals surface area contributed by atoms with E-state index in [4.69, 9.17) is 0 Å². The fourth-order valence-electron chi connectivity index (χ4n) is 2.51. The summed E-state index contributed by atoms with van der Waals surface area (Å²) in [5.74, 6) is -0.0667. The largest absolute Gasteiger partial charge is 0.336 e. The summed E-state index contributed by atoms with van der Waals surface area (Å²) in [6.45, 7) is 2.63. The lowest BCUT2D eigenvalue weighted by Crippen LogP contribution is -2.26. The predicted octanol–water partition coefficient (Wildman–Crippen LogP) is 3.66. The van der Waals surface area contributed by atoms with Crippen LogP contribution in [0.4, 0.5) is 0 Å². The quantitative estimate of drug-likeness (QED) is 0.799. The van der Waals surface area contributed by atoms with Gasteiger partial charge in [-0.1, -0.05) is 54.6 Å². The van der Waals surface area contributed by atoms with Crippen molar-refractivity contribution in [3.63, 3.8) is 0 Å². The number of aryl methyl sites for hydroxylation is 1. The molecule has 1 aromatic heterocycles. The first-order valence-corrected chi connectivity index (χ1v) is 7.56. The number of amides is 1. The third-order valence-electron chi connectivity index (χ3n) is 3.89. The van der Waals surface area contributed by atoms with E-state index in [9.17, 15) is 4.79 Å². The van der Waals surface area contributed by atoms with E-state index in [0.717, 1.165) is 16.8 Å². The number of rotatable bonds is 4. The first-order chi connectivity index (χ1) is 11.1. The molecule has 23 heavy (non-hydrogen) atoms. The second-order valence-electron chi connectivity index (χ2n) is 5.62. The van der Waals surface area contributed by atoms with Gasteiger partial charge in [-0.3, -0.25) is 9.89 Å². The van der Waals surface area contributed by atoms with Gasteiger partial charge in [0.2, 0.25) is 0 Å². The molecule has 0 bridgehead atoms. The van der Waals surface area contributed by atoms with E-state index in [1.807, 2.05) is 48.5 Å². The molecule has 0 saturated carbocycles. The van der Waals surface area contributed by atoms with Crippen molar-refractivity contribution in [1.29, 1.82) is 0 Å². The van der Waals surface area contributed by atoms with Gasteiger partial charge in [0, 0.05) is 19.2 Å². The molecule has 1 heterocycles. The molecule has 3 rings (SSSR count). The van der Waals surface area contributed by atoms with Crippen LogP contribution in [0.3, 0.4) is 0 Å². The second kappa shape index (κ2) is 6.48. The minimum atomic E-state index is -0.0667. The van der Waals surface area contributed by atoms with Crippen LogP contribution in [0.1, 0.15) is 21.6 Å². The summed E-state index contributed by atoms with van der Waals surface area (Å²) in [5, 5.41) is 7.09. The zero-order valence-electron chi connectivity index (χ0n) is 13.3. The van der Waals surface area contributed by atoms with Crippen molar-refractivity contribution in [3.05, 3.63) is 77.5 Å². The number of hydrogen-bond acceptors (Lipinski definition) is 2. The van der Waals surface area contributed by atoms with E-state index in [0.29, 0.717) is 12.2 Å². The number of nitrogens with zero attached hydrogens (tertiary/aromatic N) is 2. The van der Waals surface area contributed by atoms with Gasteiger partial charge in [0.25, 0.3) is 5.91 Å². The van der Waals surface area contributed by atoms with Crippen LogP contribution in [0.2, 0.25) is 0 Å². The van der Waals surface area contributed by atoms with E-state index in [2.05, 4.69) is 23.2 Å². The lowest BCUT2D eigenvalue weighted by atomic mass is 10.1. The van der Waals surface area contributed by atoms with Gasteiger partial charge in [0.05, 0.1) is 5.69 Å². The number of aromatic nitrogens is 2. The van der Waals surface area contributed by atoms with Crippen molar-refractivity contribution < 1.29 is 4.79 Å². The Kier molecular flexibility index (Phi) is 4.24. The van der Waals surface area contributed by atoms with Gasteiger partial charge < -0.3 is 4.90 Å². The Morgan fingerprint density at radius 3 is 2.52 bits per heavy atom. The Bertz CT molecular complexity index is 808. The molecule has 4 nitrogen and oxygen atoms in total. The molecule has 0 saturated heterocycles. The van der Waals surface area contributed by atoms with E-state index >= 15 is 0 Å². The molecule has 0 aliphatic carbocycles. The zero-order valence-corrected chi connectivity index (χ0v) is 13.3. The summed E-state index contributed by atoms with van der Waals surface area (Å²) < 4.78 is 0. The third kappa shape index (κ3) is 3.31. The van der Waals surface area contributed by atoms with Gasteiger partial charge in [-0.05, 0) is 24.1 Å². The lowest BCUT2D eigenvalue weighted by Gasteiger charge is -2.17. The molecule has 0 unspecified atom stereocenters. The van der Waals surface area contributed by atoms with E-state index in [1.165, 1.54) is 5.56 Å². The Labute approximate surface area is 135 Å². The SMILES string of the molecule is Cc1ccccc1CN(C)C(=O)c1cc(-c2ccccc2)n[nH]1. The first kappa shape index (κ1) is 15.0. The van der Waals surface area contributed by atoms with Gasteiger partial charge in [0.1, 0.15) is 5.69 Å². The lowest BCUT2D eigenvalue weighted by molar-refractivity contribution is 0.0779. The highest BCUT2D eigenvalue weighted by Gasteiger charge is 2.16. The summed E-state index contributed by atoms with van der Waals surface area (Å²) in [7, 11) is 1.80. The molecule has 1 N–H and O–H groups in total. The van der Waals surface area contributed by atoms with E-state index in [-0.39, 0.29) is 5.91 Å². The maximum Gasteiger partial charge on any atom is 0.271 e. The smallest absolute Gasteiger partial charge is 0.271 e. The van der Waals surface area contributed by atoms with Crippen LogP contribution >= 0.6 is 0 Å². The first-order valence-electron chi connectivity index (χ1n) is 7.56. The van der Waals surface area contributed by atoms with Crippen LogP contribution in [-0.4, -0.2) is 28.1 Å². The van der Waals surface area contributed by atoms with Crippen LogP contribution in [0.5, 0.6) is 0 Å². The molecule has 0 radical (unpaired) electrons. The summed E-state index contributed by atoms with van der Waals surface area (Å²) >= 11 is 0. The number of benzene rings is 2. The Balaban J connectivity index is 1.76. The van der Waals surface area contributed by atoms with Gasteiger partial charge in [-0.15, -0.1) is 0 Å². The molecule has 0 fully saturated rings. The molecule has 0 aliphatic heterocycles. The van der Waals surface area contributed by atoms with E-state index in [1.54, 1.807) is 18.0 Å². The number of carbonyl (C=O) groups excluding carboxylic acids is 1. The third-order valence-corrected chi connectivity index (χ3v) is 3.89. The molecule has 1 amide bonds. The second-order valence-corrected chi connectivity index (χ2v) is 5.62. The van der Waals surface area contributed by atoms with Crippen molar-refractivity contribution in [2.24, 2.45) is 0 Å². The van der Waals surface area contributed by atoms with Gasteiger partial charge in [-0.25, -0.2) is 0 Å². The molecule has 4 heteroatoms. The van der Waals surface area contributed by atoms with Crippen LogP contribution in [0, 0.1) is 6.92 Å². The summed E-state index contributed by atoms with van der Waals surface area (Å²) in [6.07, 6.45) is 0. The Morgan fingerprint density at radius 2 is 1.78 bits per heavy atom. The number of nitrogens with one attached hydrogen (secondary N) is 1. The van der Waals surface area contributed by atoms with Gasteiger partial charge in [0.15, 0.2) is 0 Å². The van der Waals surface area contributed by atoms with Crippen LogP contribution in [-0.2, 0) is 6.54 Å². The molecule has 0 spiro atoms. The molecule has 2 aromatic carbocycles. The van der Waals surface area contributed by atoms with Crippen LogP contribution in [0.15, 0.2) is 60.7 Å². The van der Waals surface area contributed by atoms with Crippen molar-refractivity contribution in [1.82, 2.24) is 15.1 Å². The minimum absolute atomic E-state index is 0.0667. The number of H-pyrrole nitrogens is 1. The van der Waals surface area contributed by atoms with Crippen molar-refractivity contribution >= 4 is 5.91 Å². The Hall–Kier alpha value is -2.88. The van der Waals surface area contributed by atoms with Crippen molar-refractivity contribution in [2.45, 2.75) is 13.5 Å². The van der Waals surface area contributed by atoms with Gasteiger partial charge in [-0.2, -0.15) is 5.10 Å². The normalized spacial score (nSPS) is 10.5. The fourth-order valence-corrected chi connectivity index (χ4v) is 2.51. The molecule has 0 aliphatic rings. The number of hydrogen-bond donors (Lipinski definition) is 1. The van der Waals surface area contributed by atoms with E-state index < -0.39 is 0 Å². The average Bonchev–Trinajstić information content (AvgIpc) is 3.07. The molecule has 0 atom stereocenters. The average molecular weight is 305 g/mol. The minimum Gasteiger partial charge on any atom is -0.336 e. The molecular formula is C19H19N3O. The maximum atomic E-state index is 12.6.